The predicted molar refractivity (Wildman–Crippen MR) is 202 cm³/mol. The normalized spacial score (nSPS) is 15.6. The lowest BCUT2D eigenvalue weighted by atomic mass is 9.91. The van der Waals surface area contributed by atoms with E-state index >= 15 is 0 Å². The summed E-state index contributed by atoms with van der Waals surface area (Å²) >= 11 is 0. The molecule has 2 aliphatic rings. The molecule has 0 amide bonds. The van der Waals surface area contributed by atoms with Crippen LogP contribution in [0.2, 0.25) is 0 Å². The molecule has 7 aromatic rings. The summed E-state index contributed by atoms with van der Waals surface area (Å²) in [5.41, 5.74) is 11.9. The average molecular weight is 618 g/mol. The molecule has 0 bridgehead atoms. The van der Waals surface area contributed by atoms with Crippen molar-refractivity contribution in [2.24, 2.45) is 0 Å². The Kier molecular flexibility index (Phi) is 7.13. The Bertz CT molecular complexity index is 2360. The Labute approximate surface area is 281 Å². The van der Waals surface area contributed by atoms with Crippen molar-refractivity contribution >= 4 is 44.3 Å². The summed E-state index contributed by atoms with van der Waals surface area (Å²) in [5, 5.41) is 3.77. The molecular weight excluding hydrogens is 583 g/mol. The summed E-state index contributed by atoms with van der Waals surface area (Å²) in [4.78, 5) is 2.46. The summed E-state index contributed by atoms with van der Waals surface area (Å²) in [6.07, 6.45) is 12.3. The molecule has 6 aromatic carbocycles. The number of para-hydroxylation sites is 2. The average Bonchev–Trinajstić information content (AvgIpc) is 3.55. The minimum Gasteiger partial charge on any atom is -0.455 e. The van der Waals surface area contributed by atoms with Crippen LogP contribution in [0.5, 0.6) is 0 Å². The van der Waals surface area contributed by atoms with Crippen LogP contribution in [-0.4, -0.2) is 6.04 Å². The van der Waals surface area contributed by atoms with Crippen molar-refractivity contribution in [3.63, 3.8) is 0 Å². The van der Waals surface area contributed by atoms with Gasteiger partial charge < -0.3 is 9.32 Å². The van der Waals surface area contributed by atoms with E-state index in [9.17, 15) is 0 Å². The third-order valence-electron chi connectivity index (χ3n) is 9.87. The summed E-state index contributed by atoms with van der Waals surface area (Å²) in [5.74, 6) is 1.02. The van der Waals surface area contributed by atoms with Gasteiger partial charge in [0.15, 0.2) is 0 Å². The molecule has 48 heavy (non-hydrogen) atoms. The second-order valence-corrected chi connectivity index (χ2v) is 12.8. The molecule has 0 N–H and O–H groups in total. The summed E-state index contributed by atoms with van der Waals surface area (Å²) in [7, 11) is 0. The van der Waals surface area contributed by atoms with Gasteiger partial charge in [-0.15, -0.1) is 0 Å². The van der Waals surface area contributed by atoms with Gasteiger partial charge in [-0.3, -0.25) is 0 Å². The van der Waals surface area contributed by atoms with Crippen molar-refractivity contribution in [2.45, 2.75) is 25.3 Å². The number of benzene rings is 6. The molecule has 1 heterocycles. The number of fused-ring (bicyclic) bond motifs is 4. The minimum atomic E-state index is 0.200. The highest BCUT2D eigenvalue weighted by atomic mass is 16.3. The van der Waals surface area contributed by atoms with E-state index in [1.807, 2.05) is 0 Å². The summed E-state index contributed by atoms with van der Waals surface area (Å²) in [6.45, 7) is 0. The Hall–Kier alpha value is -5.86. The fourth-order valence-electron chi connectivity index (χ4n) is 7.49. The molecule has 1 atom stereocenters. The maximum atomic E-state index is 6.76. The highest BCUT2D eigenvalue weighted by Gasteiger charge is 2.24. The van der Waals surface area contributed by atoms with E-state index in [1.165, 1.54) is 55.4 Å². The molecule has 0 spiro atoms. The third-order valence-corrected chi connectivity index (χ3v) is 9.87. The third kappa shape index (κ3) is 5.07. The first kappa shape index (κ1) is 28.4. The largest absolute Gasteiger partial charge is 0.455 e. The molecule has 0 saturated carbocycles. The van der Waals surface area contributed by atoms with Crippen LogP contribution < -0.4 is 4.90 Å². The monoisotopic (exact) mass is 617 g/mol. The topological polar surface area (TPSA) is 16.4 Å². The first-order valence-electron chi connectivity index (χ1n) is 16.9. The zero-order valence-electron chi connectivity index (χ0n) is 26.7. The highest BCUT2D eigenvalue weighted by molar-refractivity contribution is 5.99. The molecule has 1 aromatic heterocycles. The van der Waals surface area contributed by atoms with Gasteiger partial charge >= 0.3 is 0 Å². The standard InChI is InChI=1S/C46H35NO/c1-3-12-34(13-4-1)41-17-9-19-43-44-20-10-18-42(46(44)48-45(41)43)35-25-29-40(30-26-35)47(38-15-5-2-6-16-38)39-27-23-33(24-28-39)37-22-21-32-11-7-8-14-36(32)31-37/h1-8,10-18,20-27,29-31,39H,9,19,28H2. The van der Waals surface area contributed by atoms with Crippen molar-refractivity contribution < 1.29 is 4.42 Å². The van der Waals surface area contributed by atoms with Gasteiger partial charge in [0, 0.05) is 33.5 Å². The number of furan rings is 1. The number of allylic oxidation sites excluding steroid dienone is 3. The predicted octanol–water partition coefficient (Wildman–Crippen LogP) is 12.2. The van der Waals surface area contributed by atoms with Gasteiger partial charge in [0.2, 0.25) is 0 Å². The number of aryl methyl sites for hydroxylation is 1. The maximum Gasteiger partial charge on any atom is 0.142 e. The number of nitrogens with zero attached hydrogens (tertiary/aromatic N) is 1. The van der Waals surface area contributed by atoms with Gasteiger partial charge in [0.1, 0.15) is 11.3 Å². The lowest BCUT2D eigenvalue weighted by Crippen LogP contribution is -2.30. The van der Waals surface area contributed by atoms with Crippen LogP contribution >= 0.6 is 0 Å². The molecule has 0 aliphatic heterocycles. The molecule has 230 valence electrons. The minimum absolute atomic E-state index is 0.200. The van der Waals surface area contributed by atoms with Crippen LogP contribution in [0.25, 0.3) is 44.0 Å². The Morgan fingerprint density at radius 1 is 0.583 bits per heavy atom. The van der Waals surface area contributed by atoms with Gasteiger partial charge in [0.05, 0.1) is 6.04 Å². The molecular formula is C46H35NO. The van der Waals surface area contributed by atoms with E-state index in [0.717, 1.165) is 41.7 Å². The van der Waals surface area contributed by atoms with Crippen LogP contribution in [-0.2, 0) is 6.42 Å². The quantitative estimate of drug-likeness (QED) is 0.185. The van der Waals surface area contributed by atoms with Crippen LogP contribution in [0, 0.1) is 0 Å². The molecule has 0 radical (unpaired) electrons. The van der Waals surface area contributed by atoms with Crippen molar-refractivity contribution in [3.8, 4) is 11.1 Å². The molecule has 0 saturated heterocycles. The molecule has 0 fully saturated rings. The summed E-state index contributed by atoms with van der Waals surface area (Å²) < 4.78 is 6.76. The number of hydrogen-bond acceptors (Lipinski definition) is 2. The Balaban J connectivity index is 1.04. The zero-order chi connectivity index (χ0) is 31.9. The molecule has 2 nitrogen and oxygen atoms in total. The zero-order valence-corrected chi connectivity index (χ0v) is 26.7. The summed E-state index contributed by atoms with van der Waals surface area (Å²) in [6, 6.07) is 52.5. The van der Waals surface area contributed by atoms with Gasteiger partial charge in [-0.2, -0.15) is 0 Å². The van der Waals surface area contributed by atoms with Crippen molar-refractivity contribution in [2.75, 3.05) is 4.90 Å². The first-order chi connectivity index (χ1) is 23.8. The molecule has 9 rings (SSSR count). The fraction of sp³-hybridized carbons (Fsp3) is 0.0870. The highest BCUT2D eigenvalue weighted by Crippen LogP contribution is 2.42. The van der Waals surface area contributed by atoms with Crippen molar-refractivity contribution in [1.82, 2.24) is 0 Å². The van der Waals surface area contributed by atoms with Crippen LogP contribution in [0.15, 0.2) is 174 Å². The van der Waals surface area contributed by atoms with Gasteiger partial charge in [-0.25, -0.2) is 0 Å². The van der Waals surface area contributed by atoms with E-state index < -0.39 is 0 Å². The van der Waals surface area contributed by atoms with Gasteiger partial charge in [0.25, 0.3) is 0 Å². The van der Waals surface area contributed by atoms with Crippen molar-refractivity contribution in [1.29, 1.82) is 0 Å². The smallest absolute Gasteiger partial charge is 0.142 e. The van der Waals surface area contributed by atoms with Crippen LogP contribution in [0.1, 0.15) is 35.3 Å². The van der Waals surface area contributed by atoms with Crippen LogP contribution in [0.4, 0.5) is 11.4 Å². The van der Waals surface area contributed by atoms with E-state index in [4.69, 9.17) is 4.42 Å². The van der Waals surface area contributed by atoms with E-state index in [1.54, 1.807) is 0 Å². The second kappa shape index (κ2) is 12.1. The van der Waals surface area contributed by atoms with Gasteiger partial charge in [-0.05, 0) is 82.6 Å². The molecule has 2 heteroatoms. The van der Waals surface area contributed by atoms with E-state index in [2.05, 4.69) is 175 Å². The number of anilines is 2. The SMILES string of the molecule is C1=CC(N(c2ccccc2)c2ccc(-c3cccc4c5c(oc34)C(c3ccccc3)=CCC5)cc2)CC=C1c1ccc2ccccc2c1. The maximum absolute atomic E-state index is 6.76. The Morgan fingerprint density at radius 2 is 1.31 bits per heavy atom. The Morgan fingerprint density at radius 3 is 2.10 bits per heavy atom. The number of hydrogen-bond donors (Lipinski definition) is 0. The van der Waals surface area contributed by atoms with Crippen molar-refractivity contribution in [3.05, 3.63) is 192 Å². The van der Waals surface area contributed by atoms with Gasteiger partial charge in [-0.1, -0.05) is 140 Å². The second-order valence-electron chi connectivity index (χ2n) is 12.8. The number of rotatable bonds is 6. The van der Waals surface area contributed by atoms with E-state index in [-0.39, 0.29) is 6.04 Å². The fourth-order valence-corrected chi connectivity index (χ4v) is 7.49. The molecule has 1 unspecified atom stereocenters. The lowest BCUT2D eigenvalue weighted by Gasteiger charge is -2.33. The lowest BCUT2D eigenvalue weighted by molar-refractivity contribution is 0.592. The van der Waals surface area contributed by atoms with Crippen LogP contribution in [0.3, 0.4) is 0 Å². The van der Waals surface area contributed by atoms with E-state index in [0.29, 0.717) is 0 Å². The molecule has 2 aliphatic carbocycles. The first-order valence-corrected chi connectivity index (χ1v) is 16.9.